The number of halogens is 7. The van der Waals surface area contributed by atoms with Gasteiger partial charge in [0.1, 0.15) is 18.2 Å². The molecule has 200 valence electrons. The lowest BCUT2D eigenvalue weighted by atomic mass is 10.0. The fraction of sp³-hybridized carbons (Fsp3) is 0.391. The van der Waals surface area contributed by atoms with Crippen molar-refractivity contribution in [1.82, 2.24) is 20.1 Å². The van der Waals surface area contributed by atoms with Gasteiger partial charge in [0.25, 0.3) is 0 Å². The number of alkyl halides is 6. The molecular formula is C23H21F7N4O3. The molecule has 2 unspecified atom stereocenters. The first-order valence-corrected chi connectivity index (χ1v) is 11.0. The Morgan fingerprint density at radius 2 is 1.70 bits per heavy atom. The fourth-order valence-electron chi connectivity index (χ4n) is 3.98. The number of rotatable bonds is 7. The average molecular weight is 534 g/mol. The lowest BCUT2D eigenvalue weighted by Crippen LogP contribution is -2.46. The van der Waals surface area contributed by atoms with Crippen molar-refractivity contribution >= 4 is 0 Å². The molecule has 1 aliphatic rings. The lowest BCUT2D eigenvalue weighted by molar-refractivity contribution is -0.222. The summed E-state index contributed by atoms with van der Waals surface area (Å²) < 4.78 is 104. The van der Waals surface area contributed by atoms with Gasteiger partial charge in [-0.25, -0.2) is 9.37 Å². The Labute approximate surface area is 205 Å². The highest BCUT2D eigenvalue weighted by Crippen LogP contribution is 2.38. The van der Waals surface area contributed by atoms with Crippen LogP contribution in [0.3, 0.4) is 0 Å². The number of aliphatic hydroxyl groups is 1. The van der Waals surface area contributed by atoms with Crippen molar-refractivity contribution in [1.29, 1.82) is 0 Å². The molecule has 1 fully saturated rings. The minimum absolute atomic E-state index is 0.0210. The van der Waals surface area contributed by atoms with Crippen LogP contribution in [0.1, 0.15) is 40.2 Å². The summed E-state index contributed by atoms with van der Waals surface area (Å²) >= 11 is 0. The van der Waals surface area contributed by atoms with E-state index in [0.29, 0.717) is 30.1 Å². The second-order valence-corrected chi connectivity index (χ2v) is 8.31. The van der Waals surface area contributed by atoms with E-state index in [4.69, 9.17) is 9.47 Å². The monoisotopic (exact) mass is 534 g/mol. The summed E-state index contributed by atoms with van der Waals surface area (Å²) in [6, 6.07) is 5.63. The zero-order valence-corrected chi connectivity index (χ0v) is 18.9. The van der Waals surface area contributed by atoms with Gasteiger partial charge < -0.3 is 14.6 Å². The van der Waals surface area contributed by atoms with Crippen LogP contribution < -0.4 is 0 Å². The number of aromatic nitrogens is 3. The Morgan fingerprint density at radius 3 is 2.27 bits per heavy atom. The molecule has 1 aromatic heterocycles. The van der Waals surface area contributed by atoms with Gasteiger partial charge in [0.2, 0.25) is 0 Å². The van der Waals surface area contributed by atoms with E-state index >= 15 is 0 Å². The highest BCUT2D eigenvalue weighted by Gasteiger charge is 2.38. The van der Waals surface area contributed by atoms with Crippen LogP contribution in [0.5, 0.6) is 0 Å². The van der Waals surface area contributed by atoms with E-state index in [0.717, 1.165) is 0 Å². The summed E-state index contributed by atoms with van der Waals surface area (Å²) in [6.07, 6.45) is -11.7. The molecule has 0 amide bonds. The molecule has 14 heteroatoms. The maximum atomic E-state index is 13.5. The number of morpholine rings is 1. The van der Waals surface area contributed by atoms with Crippen molar-refractivity contribution in [3.05, 3.63) is 82.7 Å². The topological polar surface area (TPSA) is 83.5 Å². The molecule has 0 bridgehead atoms. The SMILES string of the molecule is O[C@@H](COC1OCCN(Cc2nc[nH]n2)C1c1ccc(F)cc1)c1cc(C(F)(F)F)cc(C(F)(F)F)c1. The zero-order valence-electron chi connectivity index (χ0n) is 18.9. The zero-order chi connectivity index (χ0) is 26.8. The van der Waals surface area contributed by atoms with Crippen molar-refractivity contribution < 1.29 is 45.3 Å². The molecular weight excluding hydrogens is 513 g/mol. The maximum absolute atomic E-state index is 13.5. The van der Waals surface area contributed by atoms with Crippen molar-refractivity contribution in [2.24, 2.45) is 0 Å². The lowest BCUT2D eigenvalue weighted by Gasteiger charge is -2.40. The van der Waals surface area contributed by atoms with Crippen molar-refractivity contribution in [3.63, 3.8) is 0 Å². The molecule has 4 rings (SSSR count). The third-order valence-corrected chi connectivity index (χ3v) is 5.75. The molecule has 0 spiro atoms. The molecule has 0 aliphatic carbocycles. The first-order valence-electron chi connectivity index (χ1n) is 11.0. The number of benzene rings is 2. The molecule has 0 saturated carbocycles. The number of hydrogen-bond acceptors (Lipinski definition) is 6. The molecule has 7 nitrogen and oxygen atoms in total. The van der Waals surface area contributed by atoms with Gasteiger partial charge in [0.05, 0.1) is 36.9 Å². The Hall–Kier alpha value is -3.07. The maximum Gasteiger partial charge on any atom is 0.416 e. The highest BCUT2D eigenvalue weighted by atomic mass is 19.4. The second-order valence-electron chi connectivity index (χ2n) is 8.31. The molecule has 2 aromatic carbocycles. The third kappa shape index (κ3) is 6.63. The third-order valence-electron chi connectivity index (χ3n) is 5.75. The molecule has 1 saturated heterocycles. The van der Waals surface area contributed by atoms with E-state index in [1.54, 1.807) is 0 Å². The van der Waals surface area contributed by atoms with Crippen LogP contribution in [-0.2, 0) is 28.4 Å². The van der Waals surface area contributed by atoms with Crippen molar-refractivity contribution in [2.75, 3.05) is 19.8 Å². The Kier molecular flexibility index (Phi) is 7.83. The number of H-pyrrole nitrogens is 1. The quantitative estimate of drug-likeness (QED) is 0.430. The van der Waals surface area contributed by atoms with Gasteiger partial charge in [-0.15, -0.1) is 0 Å². The predicted molar refractivity (Wildman–Crippen MR) is 113 cm³/mol. The Balaban J connectivity index is 1.57. The fourth-order valence-corrected chi connectivity index (χ4v) is 3.98. The van der Waals surface area contributed by atoms with Crippen LogP contribution in [-0.4, -0.2) is 51.2 Å². The summed E-state index contributed by atoms with van der Waals surface area (Å²) in [5.74, 6) is -0.0460. The largest absolute Gasteiger partial charge is 0.416 e. The van der Waals surface area contributed by atoms with E-state index in [1.807, 2.05) is 4.90 Å². The molecule has 37 heavy (non-hydrogen) atoms. The molecule has 1 aliphatic heterocycles. The minimum atomic E-state index is -5.06. The molecule has 0 radical (unpaired) electrons. The number of nitrogens with zero attached hydrogens (tertiary/aromatic N) is 3. The van der Waals surface area contributed by atoms with E-state index in [-0.39, 0.29) is 19.2 Å². The van der Waals surface area contributed by atoms with Crippen molar-refractivity contribution in [3.8, 4) is 0 Å². The van der Waals surface area contributed by atoms with Gasteiger partial charge in [-0.3, -0.25) is 10.00 Å². The molecule has 2 heterocycles. The van der Waals surface area contributed by atoms with Gasteiger partial charge in [-0.1, -0.05) is 12.1 Å². The summed E-state index contributed by atoms with van der Waals surface area (Å²) in [4.78, 5) is 5.94. The number of ether oxygens (including phenoxy) is 2. The number of hydrogen-bond donors (Lipinski definition) is 2. The smallest absolute Gasteiger partial charge is 0.386 e. The van der Waals surface area contributed by atoms with Gasteiger partial charge in [-0.2, -0.15) is 31.4 Å². The summed E-state index contributed by atoms with van der Waals surface area (Å²) in [5, 5.41) is 17.1. The number of aliphatic hydroxyl groups excluding tert-OH is 1. The normalized spacial score (nSPS) is 20.2. The Bertz CT molecular complexity index is 1140. The van der Waals surface area contributed by atoms with Crippen LogP contribution in [0.25, 0.3) is 0 Å². The molecule has 3 atom stereocenters. The first kappa shape index (κ1) is 27.0. The van der Waals surface area contributed by atoms with Crippen LogP contribution in [0.4, 0.5) is 30.7 Å². The predicted octanol–water partition coefficient (Wildman–Crippen LogP) is 4.63. The number of aromatic amines is 1. The van der Waals surface area contributed by atoms with E-state index in [2.05, 4.69) is 15.2 Å². The average Bonchev–Trinajstić information content (AvgIpc) is 3.35. The van der Waals surface area contributed by atoms with Gasteiger partial charge in [-0.05, 0) is 41.5 Å². The van der Waals surface area contributed by atoms with Crippen LogP contribution in [0, 0.1) is 5.82 Å². The summed E-state index contributed by atoms with van der Waals surface area (Å²) in [6.45, 7) is 0.113. The van der Waals surface area contributed by atoms with Gasteiger partial charge in [0, 0.05) is 6.54 Å². The number of nitrogens with one attached hydrogen (secondary N) is 1. The van der Waals surface area contributed by atoms with Crippen LogP contribution in [0.15, 0.2) is 48.8 Å². The van der Waals surface area contributed by atoms with Gasteiger partial charge >= 0.3 is 12.4 Å². The van der Waals surface area contributed by atoms with E-state index < -0.39 is 59.9 Å². The van der Waals surface area contributed by atoms with Crippen LogP contribution >= 0.6 is 0 Å². The standard InChI is InChI=1S/C23H21F7N4O3/c24-17-3-1-13(2-4-17)20-21(36-6-5-34(20)10-19-31-12-32-33-19)37-11-18(35)14-7-15(22(25,26)27)9-16(8-14)23(28,29)30/h1-4,7-9,12,18,20-21,35H,5-6,10-11H2,(H,31,32,33)/t18-,20?,21?/m0/s1. The van der Waals surface area contributed by atoms with Gasteiger partial charge in [0.15, 0.2) is 12.1 Å². The van der Waals surface area contributed by atoms with E-state index in [1.165, 1.54) is 30.6 Å². The molecule has 3 aromatic rings. The van der Waals surface area contributed by atoms with E-state index in [9.17, 15) is 35.8 Å². The summed E-state index contributed by atoms with van der Waals surface area (Å²) in [7, 11) is 0. The second kappa shape index (κ2) is 10.7. The highest BCUT2D eigenvalue weighted by molar-refractivity contribution is 5.35. The summed E-state index contributed by atoms with van der Waals surface area (Å²) in [5.41, 5.74) is -3.15. The minimum Gasteiger partial charge on any atom is -0.386 e. The molecule has 2 N–H and O–H groups in total. The van der Waals surface area contributed by atoms with Crippen molar-refractivity contribution in [2.45, 2.75) is 37.3 Å². The Morgan fingerprint density at radius 1 is 1.05 bits per heavy atom. The van der Waals surface area contributed by atoms with Crippen LogP contribution in [0.2, 0.25) is 0 Å². The first-order chi connectivity index (χ1) is 17.4.